The number of nitrogens with one attached hydrogen (secondary N) is 1. The quantitative estimate of drug-likeness (QED) is 0.351. The normalized spacial score (nSPS) is 10.0. The van der Waals surface area contributed by atoms with Gasteiger partial charge in [-0.3, -0.25) is 5.41 Å². The van der Waals surface area contributed by atoms with E-state index in [0.717, 1.165) is 0 Å². The van der Waals surface area contributed by atoms with E-state index in [2.05, 4.69) is 0 Å². The van der Waals surface area contributed by atoms with Crippen LogP contribution < -0.4 is 0 Å². The summed E-state index contributed by atoms with van der Waals surface area (Å²) < 4.78 is 4.88. The number of ether oxygens (including phenoxy) is 1. The van der Waals surface area contributed by atoms with Gasteiger partial charge in [0.05, 0.1) is 6.61 Å². The fourth-order valence-corrected chi connectivity index (χ4v) is 0.458. The van der Waals surface area contributed by atoms with Crippen LogP contribution in [0.1, 0.15) is 20.3 Å². The average Bonchev–Trinajstić information content (AvgIpc) is 1.85. The van der Waals surface area contributed by atoms with Gasteiger partial charge in [0.25, 0.3) is 0 Å². The van der Waals surface area contributed by atoms with Crippen LogP contribution >= 0.6 is 0 Å². The molecule has 0 saturated carbocycles. The third kappa shape index (κ3) is 5.07. The minimum Gasteiger partial charge on any atom is -0.481 e. The molecule has 9 heavy (non-hydrogen) atoms. The summed E-state index contributed by atoms with van der Waals surface area (Å²) in [5, 5.41) is 7.12. The van der Waals surface area contributed by atoms with E-state index in [1.54, 1.807) is 0 Å². The van der Waals surface area contributed by atoms with Crippen molar-refractivity contribution in [3.05, 3.63) is 12.2 Å². The Hall–Kier alpha value is -0.790. The topological polar surface area (TPSA) is 33.1 Å². The van der Waals surface area contributed by atoms with Gasteiger partial charge in [-0.1, -0.05) is 12.2 Å². The largest absolute Gasteiger partial charge is 0.481 e. The number of hydrogen-bond acceptors (Lipinski definition) is 2. The molecule has 0 aliphatic carbocycles. The lowest BCUT2D eigenvalue weighted by atomic mass is 10.4. The second-order valence-electron chi connectivity index (χ2n) is 1.63. The summed E-state index contributed by atoms with van der Waals surface area (Å²) in [4.78, 5) is 0. The van der Waals surface area contributed by atoms with Crippen LogP contribution in [0, 0.1) is 5.41 Å². The minimum absolute atomic E-state index is 0.343. The van der Waals surface area contributed by atoms with Crippen LogP contribution in [0.2, 0.25) is 0 Å². The Labute approximate surface area is 56.0 Å². The molecule has 0 unspecified atom stereocenters. The van der Waals surface area contributed by atoms with Crippen LogP contribution in [0.15, 0.2) is 12.2 Å². The fraction of sp³-hybridized carbons (Fsp3) is 0.571. The first-order valence-electron chi connectivity index (χ1n) is 3.12. The van der Waals surface area contributed by atoms with Gasteiger partial charge in [-0.25, -0.2) is 0 Å². The Morgan fingerprint density at radius 2 is 2.33 bits per heavy atom. The Kier molecular flexibility index (Phi) is 4.88. The fourth-order valence-electron chi connectivity index (χ4n) is 0.458. The van der Waals surface area contributed by atoms with E-state index in [1.165, 1.54) is 0 Å². The summed E-state index contributed by atoms with van der Waals surface area (Å²) in [6.07, 6.45) is 4.43. The lowest BCUT2D eigenvalue weighted by molar-refractivity contribution is 0.317. The van der Waals surface area contributed by atoms with Gasteiger partial charge in [0.1, 0.15) is 0 Å². The molecule has 0 saturated heterocycles. The summed E-state index contributed by atoms with van der Waals surface area (Å²) in [5.74, 6) is 0.343. The highest BCUT2D eigenvalue weighted by Crippen LogP contribution is 1.87. The standard InChI is InChI=1S/C7H13NO/c1-3-5-6-7(8)9-4-2/h3,5,8H,4,6H2,1-2H3. The Morgan fingerprint density at radius 3 is 2.78 bits per heavy atom. The van der Waals surface area contributed by atoms with Crippen molar-refractivity contribution >= 4 is 5.90 Å². The van der Waals surface area contributed by atoms with E-state index < -0.39 is 0 Å². The summed E-state index contributed by atoms with van der Waals surface area (Å²) in [6, 6.07) is 0. The van der Waals surface area contributed by atoms with Crippen molar-refractivity contribution < 1.29 is 4.74 Å². The van der Waals surface area contributed by atoms with Gasteiger partial charge in [0.15, 0.2) is 5.90 Å². The molecule has 0 radical (unpaired) electrons. The molecular formula is C7H13NO. The summed E-state index contributed by atoms with van der Waals surface area (Å²) in [7, 11) is 0. The van der Waals surface area contributed by atoms with Gasteiger partial charge in [0, 0.05) is 6.42 Å². The molecule has 52 valence electrons. The van der Waals surface area contributed by atoms with Crippen LogP contribution in [-0.2, 0) is 4.74 Å². The molecule has 2 heteroatoms. The maximum absolute atomic E-state index is 7.12. The first kappa shape index (κ1) is 8.21. The van der Waals surface area contributed by atoms with Gasteiger partial charge < -0.3 is 4.74 Å². The van der Waals surface area contributed by atoms with E-state index in [4.69, 9.17) is 10.1 Å². The SMILES string of the molecule is CC=CCC(=N)OCC. The predicted octanol–water partition coefficient (Wildman–Crippen LogP) is 1.97. The van der Waals surface area contributed by atoms with Crippen molar-refractivity contribution in [3.63, 3.8) is 0 Å². The summed E-state index contributed by atoms with van der Waals surface area (Å²) in [6.45, 7) is 4.40. The minimum atomic E-state index is 0.343. The maximum atomic E-state index is 7.12. The molecule has 0 rings (SSSR count). The van der Waals surface area contributed by atoms with Crippen LogP contribution in [-0.4, -0.2) is 12.5 Å². The average molecular weight is 127 g/mol. The highest BCUT2D eigenvalue weighted by molar-refractivity contribution is 5.74. The van der Waals surface area contributed by atoms with Crippen LogP contribution in [0.25, 0.3) is 0 Å². The highest BCUT2D eigenvalue weighted by Gasteiger charge is 1.88. The molecule has 0 amide bonds. The Balaban J connectivity index is 3.27. The van der Waals surface area contributed by atoms with Crippen LogP contribution in [0.5, 0.6) is 0 Å². The van der Waals surface area contributed by atoms with E-state index in [9.17, 15) is 0 Å². The van der Waals surface area contributed by atoms with E-state index in [0.29, 0.717) is 18.9 Å². The Bertz CT molecular complexity index is 107. The second-order valence-corrected chi connectivity index (χ2v) is 1.63. The molecule has 0 aromatic carbocycles. The van der Waals surface area contributed by atoms with E-state index >= 15 is 0 Å². The zero-order valence-electron chi connectivity index (χ0n) is 5.98. The van der Waals surface area contributed by atoms with Gasteiger partial charge >= 0.3 is 0 Å². The smallest absolute Gasteiger partial charge is 0.184 e. The molecule has 0 atom stereocenters. The zero-order valence-corrected chi connectivity index (χ0v) is 5.98. The van der Waals surface area contributed by atoms with Crippen molar-refractivity contribution in [3.8, 4) is 0 Å². The number of hydrogen-bond donors (Lipinski definition) is 1. The molecule has 0 spiro atoms. The van der Waals surface area contributed by atoms with Gasteiger partial charge in [0.2, 0.25) is 0 Å². The van der Waals surface area contributed by atoms with Crippen molar-refractivity contribution in [2.24, 2.45) is 0 Å². The molecule has 1 N–H and O–H groups in total. The van der Waals surface area contributed by atoms with Crippen molar-refractivity contribution in [1.82, 2.24) is 0 Å². The van der Waals surface area contributed by atoms with Crippen molar-refractivity contribution in [1.29, 1.82) is 5.41 Å². The molecule has 0 aliphatic rings. The molecule has 2 nitrogen and oxygen atoms in total. The molecule has 0 fully saturated rings. The van der Waals surface area contributed by atoms with Gasteiger partial charge in [-0.15, -0.1) is 0 Å². The maximum Gasteiger partial charge on any atom is 0.184 e. The van der Waals surface area contributed by atoms with Gasteiger partial charge in [-0.05, 0) is 13.8 Å². The molecule has 0 aromatic heterocycles. The zero-order chi connectivity index (χ0) is 7.11. The summed E-state index contributed by atoms with van der Waals surface area (Å²) in [5.41, 5.74) is 0. The predicted molar refractivity (Wildman–Crippen MR) is 38.8 cm³/mol. The van der Waals surface area contributed by atoms with Crippen LogP contribution in [0.3, 0.4) is 0 Å². The third-order valence-electron chi connectivity index (χ3n) is 0.858. The molecule has 0 aromatic rings. The van der Waals surface area contributed by atoms with Crippen molar-refractivity contribution in [2.75, 3.05) is 6.61 Å². The lowest BCUT2D eigenvalue weighted by Crippen LogP contribution is -1.99. The third-order valence-corrected chi connectivity index (χ3v) is 0.858. The first-order valence-corrected chi connectivity index (χ1v) is 3.12. The monoisotopic (exact) mass is 127 g/mol. The molecule has 0 bridgehead atoms. The Morgan fingerprint density at radius 1 is 1.67 bits per heavy atom. The number of allylic oxidation sites excluding steroid dienone is 1. The van der Waals surface area contributed by atoms with E-state index in [-0.39, 0.29) is 0 Å². The second kappa shape index (κ2) is 5.35. The molecule has 0 heterocycles. The lowest BCUT2D eigenvalue weighted by Gasteiger charge is -1.99. The highest BCUT2D eigenvalue weighted by atomic mass is 16.5. The van der Waals surface area contributed by atoms with Crippen LogP contribution in [0.4, 0.5) is 0 Å². The van der Waals surface area contributed by atoms with Gasteiger partial charge in [-0.2, -0.15) is 0 Å². The molecular weight excluding hydrogens is 114 g/mol. The van der Waals surface area contributed by atoms with E-state index in [1.807, 2.05) is 26.0 Å². The summed E-state index contributed by atoms with van der Waals surface area (Å²) >= 11 is 0. The first-order chi connectivity index (χ1) is 4.31. The molecule has 0 aliphatic heterocycles. The number of rotatable bonds is 3. The van der Waals surface area contributed by atoms with Crippen molar-refractivity contribution in [2.45, 2.75) is 20.3 Å².